The summed E-state index contributed by atoms with van der Waals surface area (Å²) in [5, 5.41) is 0. The quantitative estimate of drug-likeness (QED) is 0.289. The zero-order valence-corrected chi connectivity index (χ0v) is 26.6. The van der Waals surface area contributed by atoms with Gasteiger partial charge in [-0.25, -0.2) is 0 Å². The first-order valence-corrected chi connectivity index (χ1v) is 24.2. The minimum absolute atomic E-state index is 0. The van der Waals surface area contributed by atoms with Gasteiger partial charge in [0.15, 0.2) is 0 Å². The maximum Gasteiger partial charge on any atom is -1.00 e. The van der Waals surface area contributed by atoms with Crippen LogP contribution in [-0.2, 0) is 20.1 Å². The number of hydrogen-bond acceptors (Lipinski definition) is 0. The number of benzene rings is 4. The zero-order chi connectivity index (χ0) is 23.1. The number of allylic oxidation sites excluding steroid dienone is 2. The largest absolute Gasteiger partial charge is 1.00 e. The van der Waals surface area contributed by atoms with E-state index in [-0.39, 0.29) is 24.8 Å². The van der Waals surface area contributed by atoms with Gasteiger partial charge in [0.25, 0.3) is 0 Å². The van der Waals surface area contributed by atoms with Crippen LogP contribution in [0.5, 0.6) is 0 Å². The summed E-state index contributed by atoms with van der Waals surface area (Å²) in [6, 6.07) is 40.8. The van der Waals surface area contributed by atoms with Crippen molar-refractivity contribution in [1.82, 2.24) is 0 Å². The van der Waals surface area contributed by atoms with Crippen LogP contribution in [0.1, 0.15) is 40.7 Å². The minimum atomic E-state index is -2.40. The molecule has 4 aromatic carbocycles. The molecule has 36 heavy (non-hydrogen) atoms. The molecule has 6 rings (SSSR count). The average molecular weight is 690 g/mol. The van der Waals surface area contributed by atoms with Crippen LogP contribution in [0.15, 0.2) is 109 Å². The van der Waals surface area contributed by atoms with Crippen LogP contribution in [0.4, 0.5) is 0 Å². The van der Waals surface area contributed by atoms with Gasteiger partial charge in [-0.3, -0.25) is 0 Å². The summed E-state index contributed by atoms with van der Waals surface area (Å²) >= 11 is -2.40. The molecule has 2 aliphatic rings. The number of rotatable bonds is 4. The monoisotopic (exact) mass is 690 g/mol. The summed E-state index contributed by atoms with van der Waals surface area (Å²) in [6.07, 6.45) is 5.02. The summed E-state index contributed by atoms with van der Waals surface area (Å²) in [5.41, 5.74) is 11.6. The molecule has 0 bridgehead atoms. The molecule has 0 heterocycles. The molecule has 0 aliphatic heterocycles. The summed E-state index contributed by atoms with van der Waals surface area (Å²) in [7, 11) is 0. The van der Waals surface area contributed by atoms with Gasteiger partial charge in [0.1, 0.15) is 0 Å². The van der Waals surface area contributed by atoms with Gasteiger partial charge in [0, 0.05) is 0 Å². The van der Waals surface area contributed by atoms with Crippen LogP contribution in [0.25, 0.3) is 23.3 Å². The van der Waals surface area contributed by atoms with Crippen molar-refractivity contribution in [1.29, 1.82) is 0 Å². The van der Waals surface area contributed by atoms with Gasteiger partial charge in [-0.1, -0.05) is 0 Å². The Hall–Kier alpha value is -1.97. The Morgan fingerprint density at radius 2 is 0.861 bits per heavy atom. The molecule has 0 nitrogen and oxygen atoms in total. The van der Waals surface area contributed by atoms with E-state index in [1.165, 1.54) is 22.3 Å². The fraction of sp³-hybridized carbons (Fsp3) is 0.125. The Balaban J connectivity index is 0.00000152. The van der Waals surface area contributed by atoms with Crippen molar-refractivity contribution in [3.63, 3.8) is 0 Å². The van der Waals surface area contributed by atoms with Gasteiger partial charge in [0.05, 0.1) is 0 Å². The molecule has 0 spiro atoms. The fourth-order valence-electron chi connectivity index (χ4n) is 5.82. The van der Waals surface area contributed by atoms with Gasteiger partial charge < -0.3 is 24.8 Å². The second kappa shape index (κ2) is 11.6. The molecule has 4 heteroatoms. The molecule has 178 valence electrons. The molecule has 0 aromatic heterocycles. The first-order chi connectivity index (χ1) is 16.7. The molecule has 0 radical (unpaired) electrons. The third-order valence-corrected chi connectivity index (χ3v) is 34.5. The van der Waals surface area contributed by atoms with E-state index in [1.54, 1.807) is 22.3 Å². The molecule has 0 saturated heterocycles. The van der Waals surface area contributed by atoms with Crippen LogP contribution in [0.3, 0.4) is 0 Å². The van der Waals surface area contributed by atoms with Crippen LogP contribution >= 0.6 is 0 Å². The summed E-state index contributed by atoms with van der Waals surface area (Å²) < 4.78 is 1.21. The van der Waals surface area contributed by atoms with Crippen molar-refractivity contribution < 1.29 is 44.9 Å². The number of hydrogen-bond donors (Lipinski definition) is 0. The standard InChI is InChI=1S/2C15H11.C2H6Si.2ClH.Hf/c2*1-2-6-12(7-3-1)15-10-13-8-4-5-9-14(13)11-15;1-3-2;;;/h2*1-11H;1-2H3;2*1H;/q;;;;;+2/p-2. The first kappa shape index (κ1) is 27.1. The molecule has 2 aliphatic carbocycles. The van der Waals surface area contributed by atoms with Crippen LogP contribution in [0, 0.1) is 0 Å². The molecule has 0 saturated carbocycles. The Bertz CT molecular complexity index is 1360. The number of halogens is 2. The van der Waals surface area contributed by atoms with E-state index in [4.69, 9.17) is 0 Å². The fourth-order valence-corrected chi connectivity index (χ4v) is 34.2. The summed E-state index contributed by atoms with van der Waals surface area (Å²) in [6.45, 7) is 5.22. The maximum absolute atomic E-state index is 2.61. The maximum atomic E-state index is 2.61. The molecule has 4 aromatic rings. The van der Waals surface area contributed by atoms with E-state index in [2.05, 4.69) is 134 Å². The predicted molar refractivity (Wildman–Crippen MR) is 144 cm³/mol. The van der Waals surface area contributed by atoms with Crippen molar-refractivity contribution in [2.45, 2.75) is 20.4 Å². The molecular weight excluding hydrogens is 662 g/mol. The van der Waals surface area contributed by atoms with E-state index in [0.717, 1.165) is 0 Å². The van der Waals surface area contributed by atoms with Crippen molar-refractivity contribution in [3.05, 3.63) is 143 Å². The second-order valence-electron chi connectivity index (χ2n) is 9.51. The molecule has 0 fully saturated rings. The van der Waals surface area contributed by atoms with Crippen molar-refractivity contribution in [3.8, 4) is 0 Å². The second-order valence-corrected chi connectivity index (χ2v) is 34.4. The van der Waals surface area contributed by atoms with Crippen LogP contribution < -0.4 is 24.8 Å². The van der Waals surface area contributed by atoms with Crippen LogP contribution in [-0.4, -0.2) is 5.49 Å². The predicted octanol–water partition coefficient (Wildman–Crippen LogP) is 2.45. The van der Waals surface area contributed by atoms with Gasteiger partial charge in [0.2, 0.25) is 0 Å². The van der Waals surface area contributed by atoms with Gasteiger partial charge in [-0.2, -0.15) is 0 Å². The van der Waals surface area contributed by atoms with Crippen LogP contribution in [0.2, 0.25) is 13.1 Å². The normalized spacial score (nSPS) is 16.8. The summed E-state index contributed by atoms with van der Waals surface area (Å²) in [5.74, 6) is 0. The molecular formula is C32H28Cl2HfSi. The van der Waals surface area contributed by atoms with Gasteiger partial charge in [-0.15, -0.1) is 0 Å². The van der Waals surface area contributed by atoms with Gasteiger partial charge in [-0.05, 0) is 0 Å². The zero-order valence-electron chi connectivity index (χ0n) is 20.5. The molecule has 2 atom stereocenters. The van der Waals surface area contributed by atoms with E-state index < -0.39 is 25.6 Å². The van der Waals surface area contributed by atoms with Crippen molar-refractivity contribution in [2.75, 3.05) is 0 Å². The Morgan fingerprint density at radius 3 is 1.25 bits per heavy atom. The minimum Gasteiger partial charge on any atom is -1.00 e. The van der Waals surface area contributed by atoms with E-state index in [9.17, 15) is 0 Å². The SMILES string of the molecule is C[Si](C)=[Hf+2]([C@@H]1C(c2ccccc2)=Cc2ccccc21)[C@H]1C(c2ccccc2)=Cc2ccccc21.[Cl-].[Cl-]. The summed E-state index contributed by atoms with van der Waals surface area (Å²) in [4.78, 5) is 0. The van der Waals surface area contributed by atoms with E-state index in [0.29, 0.717) is 7.35 Å². The Morgan fingerprint density at radius 1 is 0.500 bits per heavy atom. The van der Waals surface area contributed by atoms with E-state index >= 15 is 0 Å². The smallest absolute Gasteiger partial charge is 1.00 e. The topological polar surface area (TPSA) is 0 Å². The molecule has 0 N–H and O–H groups in total. The van der Waals surface area contributed by atoms with Gasteiger partial charge >= 0.3 is 212 Å². The van der Waals surface area contributed by atoms with Crippen molar-refractivity contribution >= 4 is 28.8 Å². The van der Waals surface area contributed by atoms with Crippen molar-refractivity contribution in [2.24, 2.45) is 0 Å². The van der Waals surface area contributed by atoms with E-state index in [1.807, 2.05) is 0 Å². The third kappa shape index (κ3) is 4.81. The number of fused-ring (bicyclic) bond motifs is 2. The average Bonchev–Trinajstić information content (AvgIpc) is 3.45. The first-order valence-electron chi connectivity index (χ1n) is 12.1. The Kier molecular flexibility index (Phi) is 8.73. The molecule has 0 unspecified atom stereocenters. The molecule has 0 amide bonds. The Labute approximate surface area is 235 Å². The third-order valence-electron chi connectivity index (χ3n) is 7.27.